The van der Waals surface area contributed by atoms with Crippen molar-refractivity contribution in [1.82, 2.24) is 9.62 Å². The van der Waals surface area contributed by atoms with Gasteiger partial charge in [-0.3, -0.25) is 4.79 Å². The second-order valence-corrected chi connectivity index (χ2v) is 11.3. The first-order chi connectivity index (χ1) is 17.6. The third-order valence-electron chi connectivity index (χ3n) is 5.96. The van der Waals surface area contributed by atoms with Gasteiger partial charge in [0.25, 0.3) is 0 Å². The fraction of sp³-hybridized carbons (Fsp3) is 0.462. The van der Waals surface area contributed by atoms with Crippen molar-refractivity contribution in [2.24, 2.45) is 5.92 Å². The minimum Gasteiger partial charge on any atom is -0.548 e. The number of unbranched alkanes of at least 4 members (excludes halogenated alkanes) is 1. The molecule has 0 aromatic heterocycles. The van der Waals surface area contributed by atoms with Crippen LogP contribution >= 0.6 is 0 Å². The van der Waals surface area contributed by atoms with Crippen molar-refractivity contribution >= 4 is 27.6 Å². The monoisotopic (exact) mass is 665 g/mol. The summed E-state index contributed by atoms with van der Waals surface area (Å²) in [6.07, 6.45) is 1.80. The van der Waals surface area contributed by atoms with E-state index in [4.69, 9.17) is 15.2 Å². The molecule has 202 valence electrons. The van der Waals surface area contributed by atoms with Crippen LogP contribution in [0.5, 0.6) is 11.5 Å². The summed E-state index contributed by atoms with van der Waals surface area (Å²) < 4.78 is 38.2. The summed E-state index contributed by atoms with van der Waals surface area (Å²) in [4.78, 5) is 24.2. The number of carbonyl (C=O) groups is 2. The molecule has 0 saturated carbocycles. The summed E-state index contributed by atoms with van der Waals surface area (Å²) >= 11 is 0. The molecule has 1 amide bonds. The fourth-order valence-corrected chi connectivity index (χ4v) is 5.81. The molecule has 3 rings (SSSR count). The number of sulfonamides is 1. The van der Waals surface area contributed by atoms with Crippen LogP contribution in [-0.4, -0.2) is 50.5 Å². The number of aliphatic carboxylic acids is 1. The molecule has 10 nitrogen and oxygen atoms in total. The predicted octanol–water partition coefficient (Wildman–Crippen LogP) is -1.31. The number of carboxylic acid groups (broad SMARTS) is 1. The van der Waals surface area contributed by atoms with E-state index in [1.165, 1.54) is 24.3 Å². The number of nitrogens with two attached hydrogens (primary N) is 1. The van der Waals surface area contributed by atoms with Crippen molar-refractivity contribution in [1.29, 1.82) is 0 Å². The normalized spacial score (nSPS) is 13.3. The molecule has 12 heteroatoms. The van der Waals surface area contributed by atoms with E-state index in [2.05, 4.69) is 5.32 Å². The summed E-state index contributed by atoms with van der Waals surface area (Å²) in [5, 5.41) is 14.8. The van der Waals surface area contributed by atoms with E-state index in [0.717, 1.165) is 9.87 Å². The number of nitrogens with zero attached hydrogens (tertiary/aromatic N) is 1. The largest absolute Gasteiger partial charge is 1.00 e. The summed E-state index contributed by atoms with van der Waals surface area (Å²) in [7, 11) is -4.08. The number of rotatable bonds is 14. The van der Waals surface area contributed by atoms with Gasteiger partial charge in [0.2, 0.25) is 22.7 Å². The number of aryl methyl sites for hydroxylation is 1. The van der Waals surface area contributed by atoms with Crippen LogP contribution in [0.2, 0.25) is 0 Å². The zero-order chi connectivity index (χ0) is 27.0. The van der Waals surface area contributed by atoms with Gasteiger partial charge in [-0.25, -0.2) is 8.42 Å². The van der Waals surface area contributed by atoms with Gasteiger partial charge in [-0.15, -0.1) is 0 Å². The molecule has 0 aliphatic carbocycles. The maximum atomic E-state index is 13.3. The molecule has 0 fully saturated rings. The van der Waals surface area contributed by atoms with Crippen molar-refractivity contribution in [3.8, 4) is 11.5 Å². The minimum absolute atomic E-state index is 0. The quantitative estimate of drug-likeness (QED) is 0.187. The molecule has 2 aromatic rings. The minimum atomic E-state index is -4.08. The van der Waals surface area contributed by atoms with Gasteiger partial charge in [0.05, 0.1) is 16.9 Å². The summed E-state index contributed by atoms with van der Waals surface area (Å²) in [5.41, 5.74) is 7.03. The van der Waals surface area contributed by atoms with Gasteiger partial charge in [-0.1, -0.05) is 19.9 Å². The molecule has 2 aromatic carbocycles. The number of fused-ring (bicyclic) bond motifs is 1. The van der Waals surface area contributed by atoms with Gasteiger partial charge in [-0.05, 0) is 73.6 Å². The fourth-order valence-electron chi connectivity index (χ4n) is 4.04. The molecule has 0 saturated heterocycles. The average molecular weight is 666 g/mol. The second-order valence-electron chi connectivity index (χ2n) is 9.41. The van der Waals surface area contributed by atoms with Crippen LogP contribution in [0.1, 0.15) is 45.1 Å². The average Bonchev–Trinajstić information content (AvgIpc) is 3.31. The molecule has 1 aliphatic heterocycles. The number of anilines is 1. The van der Waals surface area contributed by atoms with Crippen molar-refractivity contribution in [3.05, 3.63) is 48.0 Å². The van der Waals surface area contributed by atoms with E-state index < -0.39 is 22.0 Å². The SMILES string of the molecule is CC(C)CN([C@@H](CCCCNC(=O)CCc1ccc2c(c1)OCO2)C(=O)[O-])S(=O)(=O)c1ccc(N)cc1.[Cs+]. The molecule has 0 bridgehead atoms. The summed E-state index contributed by atoms with van der Waals surface area (Å²) in [6, 6.07) is 9.89. The number of nitrogen functional groups attached to an aromatic ring is 1. The van der Waals surface area contributed by atoms with Crippen molar-refractivity contribution in [2.75, 3.05) is 25.6 Å². The molecule has 1 aliphatic rings. The van der Waals surface area contributed by atoms with Gasteiger partial charge in [0, 0.05) is 25.2 Å². The van der Waals surface area contributed by atoms with E-state index in [0.29, 0.717) is 49.4 Å². The number of nitrogens with one attached hydrogen (secondary N) is 1. The first-order valence-electron chi connectivity index (χ1n) is 12.3. The Bertz CT molecular complexity index is 1190. The van der Waals surface area contributed by atoms with E-state index >= 15 is 0 Å². The molecular weight excluding hydrogens is 631 g/mol. The van der Waals surface area contributed by atoms with Gasteiger partial charge in [0.1, 0.15) is 0 Å². The standard InChI is InChI=1S/C26H35N3O7S.Cs/c1-18(2)16-29(37(33,34)21-10-8-20(27)9-11-21)22(26(31)32)5-3-4-14-28-25(30)13-7-19-6-12-23-24(15-19)36-17-35-23;/h6,8-12,15,18,22H,3-5,7,13-14,16-17,27H2,1-2H3,(H,28,30)(H,31,32);/q;+1/p-1/t22-;/m0./s1. The molecule has 0 unspecified atom stereocenters. The number of ether oxygens (including phenoxy) is 2. The van der Waals surface area contributed by atoms with Crippen LogP contribution in [0.25, 0.3) is 0 Å². The van der Waals surface area contributed by atoms with E-state index in [1.54, 1.807) is 0 Å². The molecule has 3 N–H and O–H groups in total. The first-order valence-corrected chi connectivity index (χ1v) is 13.8. The number of benzene rings is 2. The van der Waals surface area contributed by atoms with E-state index in [1.807, 2.05) is 32.0 Å². The van der Waals surface area contributed by atoms with Crippen molar-refractivity contribution in [3.63, 3.8) is 0 Å². The van der Waals surface area contributed by atoms with Crippen LogP contribution in [0.15, 0.2) is 47.4 Å². The third kappa shape index (κ3) is 9.44. The van der Waals surface area contributed by atoms with Gasteiger partial charge < -0.3 is 30.4 Å². The van der Waals surface area contributed by atoms with Gasteiger partial charge >= 0.3 is 68.9 Å². The van der Waals surface area contributed by atoms with Crippen molar-refractivity contribution in [2.45, 2.75) is 56.9 Å². The van der Waals surface area contributed by atoms with Crippen LogP contribution in [-0.2, 0) is 26.0 Å². The Kier molecular flexibility index (Phi) is 13.4. The molecule has 1 heterocycles. The number of amides is 1. The smallest absolute Gasteiger partial charge is 0.548 e. The molecule has 1 atom stereocenters. The molecule has 38 heavy (non-hydrogen) atoms. The third-order valence-corrected chi connectivity index (χ3v) is 7.84. The summed E-state index contributed by atoms with van der Waals surface area (Å²) in [6.45, 7) is 4.21. The van der Waals surface area contributed by atoms with Crippen LogP contribution in [0.4, 0.5) is 5.69 Å². The van der Waals surface area contributed by atoms with Crippen LogP contribution in [0.3, 0.4) is 0 Å². The van der Waals surface area contributed by atoms with E-state index in [-0.39, 0.29) is 105 Å². The van der Waals surface area contributed by atoms with Crippen molar-refractivity contribution < 1.29 is 101 Å². The second kappa shape index (κ2) is 15.5. The van der Waals surface area contributed by atoms with E-state index in [9.17, 15) is 23.1 Å². The Hall–Kier alpha value is -1.26. The number of carbonyl (C=O) groups excluding carboxylic acids is 2. The number of carboxylic acids is 1. The summed E-state index contributed by atoms with van der Waals surface area (Å²) in [5.74, 6) is -0.315. The maximum absolute atomic E-state index is 13.3. The predicted molar refractivity (Wildman–Crippen MR) is 136 cm³/mol. The Balaban J connectivity index is 0.00000507. The van der Waals surface area contributed by atoms with Crippen LogP contribution < -0.4 is 94.5 Å². The maximum Gasteiger partial charge on any atom is 1.00 e. The zero-order valence-electron chi connectivity index (χ0n) is 22.1. The molecule has 0 radical (unpaired) electrons. The van der Waals surface area contributed by atoms with Gasteiger partial charge in [-0.2, -0.15) is 4.31 Å². The topological polar surface area (TPSA) is 151 Å². The number of hydrogen-bond donors (Lipinski definition) is 2. The Morgan fingerprint density at radius 3 is 2.42 bits per heavy atom. The Labute approximate surface area is 283 Å². The molecule has 0 spiro atoms. The first kappa shape index (κ1) is 33.0. The zero-order valence-corrected chi connectivity index (χ0v) is 29.2. The number of hydrogen-bond acceptors (Lipinski definition) is 8. The van der Waals surface area contributed by atoms with Crippen LogP contribution in [0, 0.1) is 5.92 Å². The Morgan fingerprint density at radius 1 is 1.08 bits per heavy atom. The van der Waals surface area contributed by atoms with Gasteiger partial charge in [0.15, 0.2) is 11.5 Å². The molecular formula is C26H34CsN3O7S. The Morgan fingerprint density at radius 2 is 1.76 bits per heavy atom.